The summed E-state index contributed by atoms with van der Waals surface area (Å²) >= 11 is 0. The molecule has 0 spiro atoms. The van der Waals surface area contributed by atoms with Gasteiger partial charge in [-0.05, 0) is 43.2 Å². The molecule has 1 aliphatic carbocycles. The highest BCUT2D eigenvalue weighted by molar-refractivity contribution is 5.88. The minimum Gasteiger partial charge on any atom is -0.381 e. The Morgan fingerprint density at radius 3 is 2.72 bits per heavy atom. The van der Waals surface area contributed by atoms with E-state index >= 15 is 0 Å². The summed E-state index contributed by atoms with van der Waals surface area (Å²) in [7, 11) is 0. The van der Waals surface area contributed by atoms with Crippen LogP contribution in [0.15, 0.2) is 24.3 Å². The number of ketones is 1. The number of benzene rings is 1. The number of carbonyl (C=O) groups excluding carboxylic acids is 1. The zero-order valence-corrected chi connectivity index (χ0v) is 10.7. The van der Waals surface area contributed by atoms with Crippen molar-refractivity contribution in [2.75, 3.05) is 13.2 Å². The molecule has 2 aliphatic rings. The van der Waals surface area contributed by atoms with Crippen molar-refractivity contribution in [3.63, 3.8) is 0 Å². The molecule has 1 aromatic carbocycles. The average Bonchev–Trinajstić information content (AvgIpc) is 2.47. The Hall–Kier alpha value is -1.15. The van der Waals surface area contributed by atoms with Crippen LogP contribution in [0.1, 0.15) is 42.7 Å². The summed E-state index contributed by atoms with van der Waals surface area (Å²) in [5.74, 6) is 0.846. The van der Waals surface area contributed by atoms with E-state index in [4.69, 9.17) is 4.74 Å². The average molecular weight is 244 g/mol. The number of rotatable bonds is 2. The van der Waals surface area contributed by atoms with Gasteiger partial charge >= 0.3 is 0 Å². The molecule has 3 rings (SSSR count). The third-order valence-corrected chi connectivity index (χ3v) is 4.34. The minimum absolute atomic E-state index is 0.151. The molecule has 2 nitrogen and oxygen atoms in total. The van der Waals surface area contributed by atoms with Crippen LogP contribution >= 0.6 is 0 Å². The predicted molar refractivity (Wildman–Crippen MR) is 70.7 cm³/mol. The molecular formula is C16H20O2. The van der Waals surface area contributed by atoms with Gasteiger partial charge in [0.1, 0.15) is 5.78 Å². The van der Waals surface area contributed by atoms with E-state index in [1.165, 1.54) is 11.1 Å². The lowest BCUT2D eigenvalue weighted by molar-refractivity contribution is -0.127. The van der Waals surface area contributed by atoms with Gasteiger partial charge in [-0.1, -0.05) is 24.3 Å². The van der Waals surface area contributed by atoms with E-state index in [0.717, 1.165) is 45.3 Å². The quantitative estimate of drug-likeness (QED) is 0.799. The van der Waals surface area contributed by atoms with E-state index in [2.05, 4.69) is 24.3 Å². The molecule has 1 saturated heterocycles. The normalized spacial score (nSPS) is 24.6. The van der Waals surface area contributed by atoms with Gasteiger partial charge in [-0.3, -0.25) is 4.79 Å². The number of ether oxygens (including phenoxy) is 1. The molecule has 2 heteroatoms. The lowest BCUT2D eigenvalue weighted by atomic mass is 9.76. The maximum absolute atomic E-state index is 12.7. The molecule has 0 N–H and O–H groups in total. The fraction of sp³-hybridized carbons (Fsp3) is 0.562. The van der Waals surface area contributed by atoms with E-state index in [-0.39, 0.29) is 11.8 Å². The van der Waals surface area contributed by atoms with E-state index in [9.17, 15) is 4.79 Å². The first-order valence-electron chi connectivity index (χ1n) is 7.05. The summed E-state index contributed by atoms with van der Waals surface area (Å²) in [6, 6.07) is 8.48. The fourth-order valence-corrected chi connectivity index (χ4v) is 3.32. The SMILES string of the molecule is O=C(C1CCOCC1)C1CCCc2ccccc21. The Balaban J connectivity index is 1.82. The zero-order chi connectivity index (χ0) is 12.4. The van der Waals surface area contributed by atoms with Crippen LogP contribution < -0.4 is 0 Å². The number of fused-ring (bicyclic) bond motifs is 1. The Labute approximate surface area is 108 Å². The van der Waals surface area contributed by atoms with Crippen LogP contribution in [0.5, 0.6) is 0 Å². The summed E-state index contributed by atoms with van der Waals surface area (Å²) in [5.41, 5.74) is 2.68. The maximum atomic E-state index is 12.7. The molecule has 0 radical (unpaired) electrons. The largest absolute Gasteiger partial charge is 0.381 e. The molecule has 0 aromatic heterocycles. The van der Waals surface area contributed by atoms with Crippen LogP contribution in [0.25, 0.3) is 0 Å². The maximum Gasteiger partial charge on any atom is 0.143 e. The first kappa shape index (κ1) is 11.9. The van der Waals surface area contributed by atoms with Crippen LogP contribution in [0.2, 0.25) is 0 Å². The van der Waals surface area contributed by atoms with E-state index in [0.29, 0.717) is 5.78 Å². The molecule has 1 fully saturated rings. The van der Waals surface area contributed by atoms with Crippen LogP contribution in [0.4, 0.5) is 0 Å². The number of Topliss-reactive ketones (excluding diaryl/α,β-unsaturated/α-hetero) is 1. The predicted octanol–water partition coefficient (Wildman–Crippen LogP) is 3.10. The van der Waals surface area contributed by atoms with Gasteiger partial charge in [0, 0.05) is 25.0 Å². The van der Waals surface area contributed by atoms with Gasteiger partial charge in [-0.2, -0.15) is 0 Å². The summed E-state index contributed by atoms with van der Waals surface area (Å²) in [6.07, 6.45) is 5.15. The van der Waals surface area contributed by atoms with E-state index < -0.39 is 0 Å². The Kier molecular flexibility index (Phi) is 3.46. The zero-order valence-electron chi connectivity index (χ0n) is 10.7. The summed E-state index contributed by atoms with van der Waals surface area (Å²) < 4.78 is 5.35. The van der Waals surface area contributed by atoms with Crippen molar-refractivity contribution in [2.24, 2.45) is 5.92 Å². The minimum atomic E-state index is 0.151. The molecule has 1 aliphatic heterocycles. The molecule has 96 valence electrons. The second-order valence-electron chi connectivity index (χ2n) is 5.43. The lowest BCUT2D eigenvalue weighted by Gasteiger charge is -2.29. The molecule has 0 bridgehead atoms. The second kappa shape index (κ2) is 5.23. The summed E-state index contributed by atoms with van der Waals surface area (Å²) in [6.45, 7) is 1.51. The smallest absolute Gasteiger partial charge is 0.143 e. The first-order chi connectivity index (χ1) is 8.86. The van der Waals surface area contributed by atoms with Crippen molar-refractivity contribution < 1.29 is 9.53 Å². The van der Waals surface area contributed by atoms with Gasteiger partial charge in [0.05, 0.1) is 0 Å². The molecule has 0 saturated carbocycles. The van der Waals surface area contributed by atoms with Gasteiger partial charge in [0.25, 0.3) is 0 Å². The van der Waals surface area contributed by atoms with Crippen molar-refractivity contribution >= 4 is 5.78 Å². The topological polar surface area (TPSA) is 26.3 Å². The third kappa shape index (κ3) is 2.22. The molecule has 1 aromatic rings. The van der Waals surface area contributed by atoms with Crippen LogP contribution in [0.3, 0.4) is 0 Å². The fourth-order valence-electron chi connectivity index (χ4n) is 3.32. The van der Waals surface area contributed by atoms with Gasteiger partial charge in [0.2, 0.25) is 0 Å². The van der Waals surface area contributed by atoms with Gasteiger partial charge < -0.3 is 4.74 Å². The number of hydrogen-bond acceptors (Lipinski definition) is 2. The van der Waals surface area contributed by atoms with Crippen molar-refractivity contribution in [1.29, 1.82) is 0 Å². The lowest BCUT2D eigenvalue weighted by Crippen LogP contribution is -2.29. The summed E-state index contributed by atoms with van der Waals surface area (Å²) in [4.78, 5) is 12.7. The monoisotopic (exact) mass is 244 g/mol. The van der Waals surface area contributed by atoms with Gasteiger partial charge in [-0.25, -0.2) is 0 Å². The van der Waals surface area contributed by atoms with Gasteiger partial charge in [-0.15, -0.1) is 0 Å². The Morgan fingerprint density at radius 2 is 1.89 bits per heavy atom. The highest BCUT2D eigenvalue weighted by atomic mass is 16.5. The first-order valence-corrected chi connectivity index (χ1v) is 7.05. The van der Waals surface area contributed by atoms with Crippen molar-refractivity contribution in [3.8, 4) is 0 Å². The molecule has 0 amide bonds. The Bertz CT molecular complexity index is 432. The number of hydrogen-bond donors (Lipinski definition) is 0. The highest BCUT2D eigenvalue weighted by Crippen LogP contribution is 2.35. The molecule has 18 heavy (non-hydrogen) atoms. The number of aryl methyl sites for hydroxylation is 1. The van der Waals surface area contributed by atoms with Crippen molar-refractivity contribution in [1.82, 2.24) is 0 Å². The van der Waals surface area contributed by atoms with Crippen molar-refractivity contribution in [3.05, 3.63) is 35.4 Å². The van der Waals surface area contributed by atoms with E-state index in [1.54, 1.807) is 0 Å². The molecule has 1 unspecified atom stereocenters. The van der Waals surface area contributed by atoms with Gasteiger partial charge in [0.15, 0.2) is 0 Å². The standard InChI is InChI=1S/C16H20O2/c17-16(13-8-10-18-11-9-13)15-7-3-5-12-4-1-2-6-14(12)15/h1-2,4,6,13,15H,3,5,7-11H2. The van der Waals surface area contributed by atoms with Crippen LogP contribution in [-0.4, -0.2) is 19.0 Å². The summed E-state index contributed by atoms with van der Waals surface area (Å²) in [5, 5.41) is 0. The molecular weight excluding hydrogens is 224 g/mol. The second-order valence-corrected chi connectivity index (χ2v) is 5.43. The highest BCUT2D eigenvalue weighted by Gasteiger charge is 2.31. The Morgan fingerprint density at radius 1 is 1.11 bits per heavy atom. The van der Waals surface area contributed by atoms with Crippen LogP contribution in [0, 0.1) is 5.92 Å². The van der Waals surface area contributed by atoms with Crippen molar-refractivity contribution in [2.45, 2.75) is 38.0 Å². The molecule has 1 atom stereocenters. The van der Waals surface area contributed by atoms with E-state index in [1.807, 2.05) is 0 Å². The third-order valence-electron chi connectivity index (χ3n) is 4.34. The number of carbonyl (C=O) groups is 1. The molecule has 1 heterocycles. The van der Waals surface area contributed by atoms with Crippen LogP contribution in [-0.2, 0) is 16.0 Å².